The zero-order valence-corrected chi connectivity index (χ0v) is 9.90. The molecule has 0 saturated heterocycles. The molecule has 1 rings (SSSR count). The number of aliphatic hydroxyl groups is 1. The molecule has 76 valence electrons. The number of hydrogen-bond donors (Lipinski definition) is 1. The molecule has 14 heavy (non-hydrogen) atoms. The summed E-state index contributed by atoms with van der Waals surface area (Å²) >= 11 is 3.37. The van der Waals surface area contributed by atoms with Gasteiger partial charge < -0.3 is 5.11 Å². The second kappa shape index (κ2) is 5.27. The second-order valence-corrected chi connectivity index (χ2v) is 4.41. The van der Waals surface area contributed by atoms with Gasteiger partial charge in [0.05, 0.1) is 0 Å². The summed E-state index contributed by atoms with van der Waals surface area (Å²) in [6.07, 6.45) is 1.07. The summed E-state index contributed by atoms with van der Waals surface area (Å²) < 4.78 is 1.01. The first kappa shape index (κ1) is 11.4. The zero-order chi connectivity index (χ0) is 10.6. The molecule has 1 aromatic carbocycles. The normalized spacial score (nSPS) is 13.8. The number of nitrogens with zero attached hydrogens (tertiary/aromatic N) is 1. The van der Waals surface area contributed by atoms with Crippen LogP contribution in [0.4, 0.5) is 0 Å². The minimum atomic E-state index is -0.617. The van der Waals surface area contributed by atoms with E-state index in [2.05, 4.69) is 20.9 Å². The van der Waals surface area contributed by atoms with Crippen molar-refractivity contribution >= 4 is 22.1 Å². The van der Waals surface area contributed by atoms with E-state index in [-0.39, 0.29) is 5.92 Å². The van der Waals surface area contributed by atoms with Gasteiger partial charge in [0.1, 0.15) is 6.23 Å². The molecule has 1 aromatic rings. The van der Waals surface area contributed by atoms with Gasteiger partial charge in [-0.15, -0.1) is 0 Å². The fraction of sp³-hybridized carbons (Fsp3) is 0.364. The molecule has 0 radical (unpaired) electrons. The monoisotopic (exact) mass is 255 g/mol. The molecule has 0 aromatic heterocycles. The van der Waals surface area contributed by atoms with Gasteiger partial charge in [0.15, 0.2) is 0 Å². The van der Waals surface area contributed by atoms with E-state index < -0.39 is 6.23 Å². The Hall–Kier alpha value is -0.670. The van der Waals surface area contributed by atoms with Crippen LogP contribution >= 0.6 is 15.9 Å². The van der Waals surface area contributed by atoms with Crippen LogP contribution in [0.25, 0.3) is 0 Å². The Labute approximate surface area is 92.8 Å². The van der Waals surface area contributed by atoms with Crippen LogP contribution in [0.5, 0.6) is 0 Å². The van der Waals surface area contributed by atoms with Crippen molar-refractivity contribution in [2.45, 2.75) is 20.1 Å². The maximum Gasteiger partial charge on any atom is 0.147 e. The molecule has 0 aliphatic carbocycles. The lowest BCUT2D eigenvalue weighted by Gasteiger charge is -2.07. The predicted octanol–water partition coefficient (Wildman–Crippen LogP) is 2.84. The quantitative estimate of drug-likeness (QED) is 0.828. The highest BCUT2D eigenvalue weighted by Crippen LogP contribution is 2.10. The number of aliphatic imine (C=N–C) groups is 1. The standard InChI is InChI=1S/C11H14BrNO/c1-8(2)11(14)13-7-9-4-3-5-10(12)6-9/h3-8,11,14H,1-2H3. The Kier molecular flexibility index (Phi) is 4.29. The van der Waals surface area contributed by atoms with Crippen LogP contribution in [0.2, 0.25) is 0 Å². The zero-order valence-electron chi connectivity index (χ0n) is 8.31. The molecule has 0 bridgehead atoms. The topological polar surface area (TPSA) is 32.6 Å². The van der Waals surface area contributed by atoms with Gasteiger partial charge in [0.2, 0.25) is 0 Å². The van der Waals surface area contributed by atoms with Crippen molar-refractivity contribution in [3.63, 3.8) is 0 Å². The largest absolute Gasteiger partial charge is 0.372 e. The lowest BCUT2D eigenvalue weighted by molar-refractivity contribution is 0.135. The fourth-order valence-corrected chi connectivity index (χ4v) is 1.34. The van der Waals surface area contributed by atoms with Gasteiger partial charge in [0.25, 0.3) is 0 Å². The molecule has 1 atom stereocenters. The fourth-order valence-electron chi connectivity index (χ4n) is 0.921. The van der Waals surface area contributed by atoms with Gasteiger partial charge in [-0.1, -0.05) is 41.9 Å². The molecule has 1 N–H and O–H groups in total. The van der Waals surface area contributed by atoms with Crippen LogP contribution in [0.3, 0.4) is 0 Å². The Morgan fingerprint density at radius 2 is 2.14 bits per heavy atom. The van der Waals surface area contributed by atoms with Crippen LogP contribution in [-0.4, -0.2) is 17.5 Å². The van der Waals surface area contributed by atoms with Crippen molar-refractivity contribution in [1.29, 1.82) is 0 Å². The highest BCUT2D eigenvalue weighted by molar-refractivity contribution is 9.10. The van der Waals surface area contributed by atoms with Crippen LogP contribution in [0, 0.1) is 5.92 Å². The van der Waals surface area contributed by atoms with Gasteiger partial charge in [-0.3, -0.25) is 4.99 Å². The first-order valence-electron chi connectivity index (χ1n) is 4.56. The van der Waals surface area contributed by atoms with E-state index >= 15 is 0 Å². The number of halogens is 1. The number of aliphatic hydroxyl groups excluding tert-OH is 1. The number of benzene rings is 1. The lowest BCUT2D eigenvalue weighted by atomic mass is 10.2. The van der Waals surface area contributed by atoms with E-state index in [1.807, 2.05) is 38.1 Å². The predicted molar refractivity (Wildman–Crippen MR) is 62.6 cm³/mol. The van der Waals surface area contributed by atoms with Gasteiger partial charge in [-0.2, -0.15) is 0 Å². The molecular weight excluding hydrogens is 242 g/mol. The Morgan fingerprint density at radius 3 is 2.71 bits per heavy atom. The third-order valence-electron chi connectivity index (χ3n) is 1.82. The average molecular weight is 256 g/mol. The van der Waals surface area contributed by atoms with Crippen molar-refractivity contribution in [3.05, 3.63) is 34.3 Å². The van der Waals surface area contributed by atoms with E-state index in [0.717, 1.165) is 10.0 Å². The Balaban J connectivity index is 2.69. The maximum atomic E-state index is 9.45. The summed E-state index contributed by atoms with van der Waals surface area (Å²) in [4.78, 5) is 4.04. The molecule has 0 amide bonds. The highest BCUT2D eigenvalue weighted by atomic mass is 79.9. The molecule has 0 aliphatic heterocycles. The second-order valence-electron chi connectivity index (χ2n) is 3.49. The minimum absolute atomic E-state index is 0.151. The summed E-state index contributed by atoms with van der Waals surface area (Å²) in [5.74, 6) is 0.151. The van der Waals surface area contributed by atoms with Crippen molar-refractivity contribution in [3.8, 4) is 0 Å². The molecule has 0 fully saturated rings. The van der Waals surface area contributed by atoms with E-state index in [0.29, 0.717) is 0 Å². The minimum Gasteiger partial charge on any atom is -0.372 e. The summed E-state index contributed by atoms with van der Waals surface area (Å²) in [7, 11) is 0. The van der Waals surface area contributed by atoms with E-state index in [9.17, 15) is 5.11 Å². The van der Waals surface area contributed by atoms with Crippen molar-refractivity contribution < 1.29 is 5.11 Å². The molecule has 0 heterocycles. The van der Waals surface area contributed by atoms with Crippen LogP contribution in [0.15, 0.2) is 33.7 Å². The average Bonchev–Trinajstić information content (AvgIpc) is 2.14. The third kappa shape index (κ3) is 3.60. The van der Waals surface area contributed by atoms with E-state index in [4.69, 9.17) is 0 Å². The van der Waals surface area contributed by atoms with Gasteiger partial charge in [-0.05, 0) is 23.6 Å². The SMILES string of the molecule is CC(C)C(O)N=Cc1cccc(Br)c1. The summed E-state index contributed by atoms with van der Waals surface area (Å²) in [6.45, 7) is 3.87. The smallest absolute Gasteiger partial charge is 0.147 e. The molecule has 0 aliphatic rings. The lowest BCUT2D eigenvalue weighted by Crippen LogP contribution is -2.11. The Bertz CT molecular complexity index is 323. The third-order valence-corrected chi connectivity index (χ3v) is 2.31. The summed E-state index contributed by atoms with van der Waals surface area (Å²) in [6, 6.07) is 7.79. The summed E-state index contributed by atoms with van der Waals surface area (Å²) in [5.41, 5.74) is 0.985. The van der Waals surface area contributed by atoms with Crippen molar-refractivity contribution in [2.24, 2.45) is 10.9 Å². The van der Waals surface area contributed by atoms with E-state index in [1.165, 1.54) is 0 Å². The molecule has 1 unspecified atom stereocenters. The van der Waals surface area contributed by atoms with Gasteiger partial charge >= 0.3 is 0 Å². The Morgan fingerprint density at radius 1 is 1.43 bits per heavy atom. The van der Waals surface area contributed by atoms with Crippen molar-refractivity contribution in [2.75, 3.05) is 0 Å². The molecule has 0 saturated carbocycles. The first-order valence-corrected chi connectivity index (χ1v) is 5.35. The number of hydrogen-bond acceptors (Lipinski definition) is 2. The first-order chi connectivity index (χ1) is 6.59. The molecular formula is C11H14BrNO. The molecule has 2 nitrogen and oxygen atoms in total. The van der Waals surface area contributed by atoms with Crippen molar-refractivity contribution in [1.82, 2.24) is 0 Å². The van der Waals surface area contributed by atoms with Gasteiger partial charge in [0, 0.05) is 10.7 Å². The van der Waals surface area contributed by atoms with Crippen LogP contribution in [0.1, 0.15) is 19.4 Å². The summed E-state index contributed by atoms with van der Waals surface area (Å²) in [5, 5.41) is 9.45. The van der Waals surface area contributed by atoms with E-state index in [1.54, 1.807) is 6.21 Å². The highest BCUT2D eigenvalue weighted by Gasteiger charge is 2.04. The molecule has 0 spiro atoms. The maximum absolute atomic E-state index is 9.45. The van der Waals surface area contributed by atoms with Crippen LogP contribution < -0.4 is 0 Å². The van der Waals surface area contributed by atoms with Gasteiger partial charge in [-0.25, -0.2) is 0 Å². The number of rotatable bonds is 3. The molecule has 3 heteroatoms. The van der Waals surface area contributed by atoms with Crippen LogP contribution in [-0.2, 0) is 0 Å².